The zero-order valence-electron chi connectivity index (χ0n) is 9.93. The highest BCUT2D eigenvalue weighted by Gasteiger charge is 2.10. The number of aryl methyl sites for hydroxylation is 1. The Morgan fingerprint density at radius 2 is 2.25 bits per heavy atom. The molecule has 0 saturated carbocycles. The maximum atomic E-state index is 11.6. The Morgan fingerprint density at radius 1 is 1.50 bits per heavy atom. The minimum absolute atomic E-state index is 0.311. The summed E-state index contributed by atoms with van der Waals surface area (Å²) in [6, 6.07) is 7.73. The van der Waals surface area contributed by atoms with Gasteiger partial charge in [-0.2, -0.15) is 0 Å². The highest BCUT2D eigenvalue weighted by molar-refractivity contribution is 5.87. The molecule has 0 fully saturated rings. The lowest BCUT2D eigenvalue weighted by molar-refractivity contribution is 0.167. The molecule has 86 valence electrons. The molecular weight excluding hydrogens is 202 g/mol. The van der Waals surface area contributed by atoms with Gasteiger partial charge in [0, 0.05) is 12.7 Å². The largest absolute Gasteiger partial charge is 0.445 e. The summed E-state index contributed by atoms with van der Waals surface area (Å²) < 4.78 is 5.04. The SMILES string of the molecule is CC=CCOC(=O)N(C)c1cccc(C)c1. The van der Waals surface area contributed by atoms with Gasteiger partial charge in [0.1, 0.15) is 6.61 Å². The van der Waals surface area contributed by atoms with E-state index < -0.39 is 0 Å². The average molecular weight is 219 g/mol. The third kappa shape index (κ3) is 3.42. The second-order valence-electron chi connectivity index (χ2n) is 3.54. The molecule has 0 saturated heterocycles. The van der Waals surface area contributed by atoms with Crippen LogP contribution >= 0.6 is 0 Å². The Bertz CT molecular complexity index is 385. The number of nitrogens with zero attached hydrogens (tertiary/aromatic N) is 1. The second-order valence-corrected chi connectivity index (χ2v) is 3.54. The van der Waals surface area contributed by atoms with E-state index in [-0.39, 0.29) is 6.09 Å². The predicted molar refractivity (Wildman–Crippen MR) is 65.7 cm³/mol. The standard InChI is InChI=1S/C13H17NO2/c1-4-5-9-16-13(15)14(3)12-8-6-7-11(2)10-12/h4-8,10H,9H2,1-3H3. The molecule has 1 rings (SSSR count). The number of allylic oxidation sites excluding steroid dienone is 1. The summed E-state index contributed by atoms with van der Waals surface area (Å²) in [6.07, 6.45) is 3.30. The summed E-state index contributed by atoms with van der Waals surface area (Å²) in [4.78, 5) is 13.1. The van der Waals surface area contributed by atoms with Gasteiger partial charge in [0.05, 0.1) is 0 Å². The van der Waals surface area contributed by atoms with Crippen LogP contribution in [0.15, 0.2) is 36.4 Å². The third-order valence-electron chi connectivity index (χ3n) is 2.20. The molecular formula is C13H17NO2. The first-order valence-electron chi connectivity index (χ1n) is 5.23. The van der Waals surface area contributed by atoms with Crippen LogP contribution in [0.25, 0.3) is 0 Å². The highest BCUT2D eigenvalue weighted by atomic mass is 16.6. The monoisotopic (exact) mass is 219 g/mol. The predicted octanol–water partition coefficient (Wildman–Crippen LogP) is 3.14. The zero-order valence-corrected chi connectivity index (χ0v) is 9.93. The minimum Gasteiger partial charge on any atom is -0.445 e. The Labute approximate surface area is 96.3 Å². The molecule has 0 aromatic heterocycles. The average Bonchev–Trinajstić information content (AvgIpc) is 2.28. The van der Waals surface area contributed by atoms with Crippen molar-refractivity contribution in [3.05, 3.63) is 42.0 Å². The molecule has 0 aliphatic carbocycles. The summed E-state index contributed by atoms with van der Waals surface area (Å²) in [6.45, 7) is 4.19. The van der Waals surface area contributed by atoms with Gasteiger partial charge in [-0.05, 0) is 31.5 Å². The molecule has 0 aliphatic heterocycles. The van der Waals surface area contributed by atoms with Crippen molar-refractivity contribution in [1.29, 1.82) is 0 Å². The van der Waals surface area contributed by atoms with Crippen molar-refractivity contribution < 1.29 is 9.53 Å². The first kappa shape index (κ1) is 12.3. The lowest BCUT2D eigenvalue weighted by Gasteiger charge is -2.16. The Hall–Kier alpha value is -1.77. The number of hydrogen-bond acceptors (Lipinski definition) is 2. The van der Waals surface area contributed by atoms with Gasteiger partial charge in [-0.3, -0.25) is 4.90 Å². The summed E-state index contributed by atoms with van der Waals surface area (Å²) in [5, 5.41) is 0. The number of amides is 1. The lowest BCUT2D eigenvalue weighted by Crippen LogP contribution is -2.27. The first-order valence-corrected chi connectivity index (χ1v) is 5.23. The molecule has 1 amide bonds. The fourth-order valence-electron chi connectivity index (χ4n) is 1.25. The fourth-order valence-corrected chi connectivity index (χ4v) is 1.25. The van der Waals surface area contributed by atoms with Crippen LogP contribution in [0.4, 0.5) is 10.5 Å². The normalized spacial score (nSPS) is 10.4. The van der Waals surface area contributed by atoms with Crippen molar-refractivity contribution in [2.45, 2.75) is 13.8 Å². The molecule has 3 heteroatoms. The van der Waals surface area contributed by atoms with Gasteiger partial charge in [-0.25, -0.2) is 4.79 Å². The zero-order chi connectivity index (χ0) is 12.0. The Morgan fingerprint density at radius 3 is 2.88 bits per heavy atom. The van der Waals surface area contributed by atoms with Crippen LogP contribution in [0.5, 0.6) is 0 Å². The topological polar surface area (TPSA) is 29.5 Å². The van der Waals surface area contributed by atoms with E-state index in [0.717, 1.165) is 11.3 Å². The summed E-state index contributed by atoms with van der Waals surface area (Å²) in [5.74, 6) is 0. The van der Waals surface area contributed by atoms with E-state index >= 15 is 0 Å². The van der Waals surface area contributed by atoms with E-state index in [1.165, 1.54) is 4.90 Å². The molecule has 1 aromatic carbocycles. The summed E-state index contributed by atoms with van der Waals surface area (Å²) >= 11 is 0. The van der Waals surface area contributed by atoms with Gasteiger partial charge in [-0.1, -0.05) is 24.3 Å². The van der Waals surface area contributed by atoms with Crippen molar-refractivity contribution in [3.63, 3.8) is 0 Å². The number of ether oxygens (including phenoxy) is 1. The van der Waals surface area contributed by atoms with Crippen molar-refractivity contribution in [2.75, 3.05) is 18.6 Å². The Kier molecular flexibility index (Phi) is 4.58. The summed E-state index contributed by atoms with van der Waals surface area (Å²) in [7, 11) is 1.70. The van der Waals surface area contributed by atoms with Crippen LogP contribution in [0.3, 0.4) is 0 Å². The second kappa shape index (κ2) is 5.95. The highest BCUT2D eigenvalue weighted by Crippen LogP contribution is 2.14. The van der Waals surface area contributed by atoms with E-state index in [1.807, 2.05) is 44.2 Å². The van der Waals surface area contributed by atoms with Crippen LogP contribution < -0.4 is 4.90 Å². The van der Waals surface area contributed by atoms with Gasteiger partial charge >= 0.3 is 6.09 Å². The molecule has 16 heavy (non-hydrogen) atoms. The molecule has 3 nitrogen and oxygen atoms in total. The lowest BCUT2D eigenvalue weighted by atomic mass is 10.2. The molecule has 0 N–H and O–H groups in total. The maximum absolute atomic E-state index is 11.6. The van der Waals surface area contributed by atoms with Crippen LogP contribution in [0, 0.1) is 6.92 Å². The van der Waals surface area contributed by atoms with Gasteiger partial charge in [0.15, 0.2) is 0 Å². The van der Waals surface area contributed by atoms with Crippen molar-refractivity contribution >= 4 is 11.8 Å². The molecule has 0 spiro atoms. The molecule has 0 unspecified atom stereocenters. The van der Waals surface area contributed by atoms with Crippen LogP contribution in [-0.2, 0) is 4.74 Å². The number of carbonyl (C=O) groups is 1. The van der Waals surface area contributed by atoms with Crippen molar-refractivity contribution in [3.8, 4) is 0 Å². The molecule has 0 heterocycles. The molecule has 1 aromatic rings. The number of anilines is 1. The van der Waals surface area contributed by atoms with E-state index in [4.69, 9.17) is 4.74 Å². The van der Waals surface area contributed by atoms with Gasteiger partial charge in [0.25, 0.3) is 0 Å². The number of benzene rings is 1. The molecule has 0 atom stereocenters. The molecule has 0 bridgehead atoms. The van der Waals surface area contributed by atoms with E-state index in [0.29, 0.717) is 6.61 Å². The summed E-state index contributed by atoms with van der Waals surface area (Å²) in [5.41, 5.74) is 1.95. The Balaban J connectivity index is 2.63. The number of rotatable bonds is 3. The van der Waals surface area contributed by atoms with E-state index in [9.17, 15) is 4.79 Å². The van der Waals surface area contributed by atoms with Gasteiger partial charge in [0.2, 0.25) is 0 Å². The van der Waals surface area contributed by atoms with Gasteiger partial charge in [-0.15, -0.1) is 0 Å². The fraction of sp³-hybridized carbons (Fsp3) is 0.308. The number of carbonyl (C=O) groups excluding carboxylic acids is 1. The van der Waals surface area contributed by atoms with Gasteiger partial charge < -0.3 is 4.74 Å². The van der Waals surface area contributed by atoms with Crippen LogP contribution in [0.2, 0.25) is 0 Å². The van der Waals surface area contributed by atoms with Crippen molar-refractivity contribution in [1.82, 2.24) is 0 Å². The first-order chi connectivity index (χ1) is 7.65. The smallest absolute Gasteiger partial charge is 0.414 e. The van der Waals surface area contributed by atoms with Crippen molar-refractivity contribution in [2.24, 2.45) is 0 Å². The number of hydrogen-bond donors (Lipinski definition) is 0. The van der Waals surface area contributed by atoms with E-state index in [2.05, 4.69) is 0 Å². The quantitative estimate of drug-likeness (QED) is 0.731. The molecule has 0 aliphatic rings. The molecule has 0 radical (unpaired) electrons. The third-order valence-corrected chi connectivity index (χ3v) is 2.20. The maximum Gasteiger partial charge on any atom is 0.414 e. The van der Waals surface area contributed by atoms with Crippen LogP contribution in [-0.4, -0.2) is 19.7 Å². The minimum atomic E-state index is -0.344. The van der Waals surface area contributed by atoms with Crippen LogP contribution in [0.1, 0.15) is 12.5 Å². The van der Waals surface area contributed by atoms with E-state index in [1.54, 1.807) is 13.1 Å².